The Labute approximate surface area is 295 Å². The van der Waals surface area contributed by atoms with Crippen molar-refractivity contribution in [1.29, 1.82) is 0 Å². The standard InChI is InChI=1S/C38H76NO8P/c1-6-8-9-10-11-12-13-14-15-16-17-18-19-20-21-22-23-24-25-26-27-28-29-31-37(40)44-34-36(47-38(41)30-7-2)35-46-48(42,43)45-33-32-39(3,4)5/h36H,6-35H2,1-5H3/t36-/m1/s1. The first kappa shape index (κ1) is 47.0. The van der Waals surface area contributed by atoms with Gasteiger partial charge in [0.05, 0.1) is 27.7 Å². The maximum absolute atomic E-state index is 12.3. The SMILES string of the molecule is CCCCCCCCCCCCCCCCCCCCCCCCCC(=O)OC[C@H](COP(=O)([O-])OCC[N+](C)(C)C)OC(=O)CCC. The van der Waals surface area contributed by atoms with Crippen LogP contribution >= 0.6 is 7.82 Å². The fourth-order valence-electron chi connectivity index (χ4n) is 5.52. The van der Waals surface area contributed by atoms with Gasteiger partial charge in [-0.1, -0.05) is 155 Å². The van der Waals surface area contributed by atoms with Gasteiger partial charge >= 0.3 is 11.9 Å². The summed E-state index contributed by atoms with van der Waals surface area (Å²) in [5.41, 5.74) is 0. The van der Waals surface area contributed by atoms with Crippen LogP contribution < -0.4 is 4.89 Å². The normalized spacial score (nSPS) is 13.7. The lowest BCUT2D eigenvalue weighted by Crippen LogP contribution is -2.37. The lowest BCUT2D eigenvalue weighted by molar-refractivity contribution is -0.870. The molecule has 0 aliphatic carbocycles. The van der Waals surface area contributed by atoms with Crippen molar-refractivity contribution in [2.24, 2.45) is 0 Å². The van der Waals surface area contributed by atoms with E-state index in [2.05, 4.69) is 6.92 Å². The lowest BCUT2D eigenvalue weighted by atomic mass is 10.0. The summed E-state index contributed by atoms with van der Waals surface area (Å²) >= 11 is 0. The molecule has 0 aromatic rings. The molecule has 0 aromatic carbocycles. The van der Waals surface area contributed by atoms with E-state index in [9.17, 15) is 19.0 Å². The van der Waals surface area contributed by atoms with Gasteiger partial charge in [0.25, 0.3) is 7.82 Å². The second kappa shape index (κ2) is 32.0. The van der Waals surface area contributed by atoms with Crippen LogP contribution in [0.1, 0.15) is 181 Å². The van der Waals surface area contributed by atoms with Crippen LogP contribution in [-0.4, -0.2) is 70.0 Å². The number of unbranched alkanes of at least 4 members (excludes halogenated alkanes) is 22. The molecule has 9 nitrogen and oxygen atoms in total. The van der Waals surface area contributed by atoms with Gasteiger partial charge in [0.1, 0.15) is 19.8 Å². The first-order valence-electron chi connectivity index (χ1n) is 19.7. The van der Waals surface area contributed by atoms with Crippen LogP contribution in [0.3, 0.4) is 0 Å². The van der Waals surface area contributed by atoms with Crippen molar-refractivity contribution >= 4 is 19.8 Å². The van der Waals surface area contributed by atoms with Crippen molar-refractivity contribution in [1.82, 2.24) is 0 Å². The van der Waals surface area contributed by atoms with Crippen molar-refractivity contribution in [2.75, 3.05) is 47.5 Å². The van der Waals surface area contributed by atoms with E-state index in [1.165, 1.54) is 128 Å². The number of hydrogen-bond donors (Lipinski definition) is 0. The number of phosphoric acid groups is 1. The van der Waals surface area contributed by atoms with Crippen molar-refractivity contribution in [3.8, 4) is 0 Å². The van der Waals surface area contributed by atoms with Crippen molar-refractivity contribution in [3.63, 3.8) is 0 Å². The van der Waals surface area contributed by atoms with Crippen molar-refractivity contribution < 1.29 is 42.1 Å². The zero-order chi connectivity index (χ0) is 35.8. The molecule has 0 spiro atoms. The van der Waals surface area contributed by atoms with Gasteiger partial charge in [0.15, 0.2) is 6.10 Å². The number of rotatable bonds is 36. The van der Waals surface area contributed by atoms with Crippen molar-refractivity contribution in [3.05, 3.63) is 0 Å². The third-order valence-electron chi connectivity index (χ3n) is 8.60. The summed E-state index contributed by atoms with van der Waals surface area (Å²) in [5.74, 6) is -0.886. The minimum atomic E-state index is -4.58. The molecule has 0 heterocycles. The molecular weight excluding hydrogens is 629 g/mol. The summed E-state index contributed by atoms with van der Waals surface area (Å²) in [5, 5.41) is 0. The van der Waals surface area contributed by atoms with Gasteiger partial charge in [-0.15, -0.1) is 0 Å². The van der Waals surface area contributed by atoms with Gasteiger partial charge < -0.3 is 27.9 Å². The molecule has 0 fully saturated rings. The molecule has 0 aliphatic rings. The Morgan fingerprint density at radius 1 is 0.562 bits per heavy atom. The molecule has 10 heteroatoms. The average molecular weight is 706 g/mol. The smallest absolute Gasteiger partial charge is 0.306 e. The molecule has 0 N–H and O–H groups in total. The molecule has 0 aliphatic heterocycles. The molecule has 2 atom stereocenters. The van der Waals surface area contributed by atoms with E-state index in [1.54, 1.807) is 0 Å². The van der Waals surface area contributed by atoms with Gasteiger partial charge in [-0.3, -0.25) is 14.2 Å². The Kier molecular flexibility index (Phi) is 31.3. The van der Waals surface area contributed by atoms with E-state index < -0.39 is 26.5 Å². The first-order chi connectivity index (χ1) is 23.0. The highest BCUT2D eigenvalue weighted by Crippen LogP contribution is 2.38. The van der Waals surface area contributed by atoms with E-state index in [-0.39, 0.29) is 32.0 Å². The maximum atomic E-state index is 12.3. The number of ether oxygens (including phenoxy) is 2. The summed E-state index contributed by atoms with van der Waals surface area (Å²) in [6, 6.07) is 0. The van der Waals surface area contributed by atoms with Gasteiger partial charge in [-0.25, -0.2) is 0 Å². The average Bonchev–Trinajstić information content (AvgIpc) is 3.02. The molecule has 0 saturated heterocycles. The van der Waals surface area contributed by atoms with E-state index in [4.69, 9.17) is 18.5 Å². The fourth-order valence-corrected chi connectivity index (χ4v) is 6.24. The lowest BCUT2D eigenvalue weighted by Gasteiger charge is -2.28. The highest BCUT2D eigenvalue weighted by molar-refractivity contribution is 7.45. The fraction of sp³-hybridized carbons (Fsp3) is 0.947. The number of esters is 2. The van der Waals surface area contributed by atoms with Crippen LogP contribution in [0.4, 0.5) is 0 Å². The van der Waals surface area contributed by atoms with E-state index in [0.29, 0.717) is 17.4 Å². The Morgan fingerprint density at radius 2 is 0.979 bits per heavy atom. The van der Waals surface area contributed by atoms with Crippen LogP contribution in [0.2, 0.25) is 0 Å². The van der Waals surface area contributed by atoms with E-state index in [0.717, 1.165) is 19.3 Å². The zero-order valence-electron chi connectivity index (χ0n) is 32.0. The summed E-state index contributed by atoms with van der Waals surface area (Å²) < 4.78 is 33.1. The molecule has 0 aromatic heterocycles. The highest BCUT2D eigenvalue weighted by atomic mass is 31.2. The van der Waals surface area contributed by atoms with Crippen LogP contribution in [0.15, 0.2) is 0 Å². The Hall–Kier alpha value is -0.990. The van der Waals surface area contributed by atoms with Crippen LogP contribution in [-0.2, 0) is 32.7 Å². The quantitative estimate of drug-likeness (QED) is 0.0274. The Bertz CT molecular complexity index is 804. The number of hydrogen-bond acceptors (Lipinski definition) is 8. The minimum Gasteiger partial charge on any atom is -0.756 e. The molecule has 48 heavy (non-hydrogen) atoms. The number of carbonyl (C=O) groups excluding carboxylic acids is 2. The molecule has 0 rings (SSSR count). The van der Waals surface area contributed by atoms with Gasteiger partial charge in [-0.2, -0.15) is 0 Å². The Morgan fingerprint density at radius 3 is 1.38 bits per heavy atom. The maximum Gasteiger partial charge on any atom is 0.306 e. The molecule has 0 saturated carbocycles. The second-order valence-corrected chi connectivity index (χ2v) is 16.1. The third kappa shape index (κ3) is 34.9. The van der Waals surface area contributed by atoms with Crippen LogP contribution in [0.5, 0.6) is 0 Å². The topological polar surface area (TPSA) is 111 Å². The third-order valence-corrected chi connectivity index (χ3v) is 9.56. The number of phosphoric ester groups is 1. The second-order valence-electron chi connectivity index (χ2n) is 14.7. The van der Waals surface area contributed by atoms with Gasteiger partial charge in [0, 0.05) is 12.8 Å². The Balaban J connectivity index is 3.78. The monoisotopic (exact) mass is 706 g/mol. The van der Waals surface area contributed by atoms with Gasteiger partial charge in [-0.05, 0) is 12.8 Å². The van der Waals surface area contributed by atoms with Crippen LogP contribution in [0, 0.1) is 0 Å². The molecule has 0 radical (unpaired) electrons. The number of carbonyl (C=O) groups is 2. The summed E-state index contributed by atoms with van der Waals surface area (Å²) in [4.78, 5) is 36.4. The predicted molar refractivity (Wildman–Crippen MR) is 195 cm³/mol. The molecule has 0 bridgehead atoms. The summed E-state index contributed by atoms with van der Waals surface area (Å²) in [7, 11) is 1.17. The predicted octanol–water partition coefficient (Wildman–Crippen LogP) is 9.83. The number of nitrogens with zero attached hydrogens (tertiary/aromatic N) is 1. The van der Waals surface area contributed by atoms with Crippen LogP contribution in [0.25, 0.3) is 0 Å². The number of quaternary nitrogens is 1. The molecule has 1 unspecified atom stereocenters. The number of likely N-dealkylation sites (N-methyl/N-ethyl adjacent to an activating group) is 1. The molecule has 286 valence electrons. The van der Waals surface area contributed by atoms with Crippen molar-refractivity contribution in [2.45, 2.75) is 187 Å². The summed E-state index contributed by atoms with van der Waals surface area (Å²) in [6.45, 7) is 3.84. The van der Waals surface area contributed by atoms with E-state index in [1.807, 2.05) is 28.1 Å². The highest BCUT2D eigenvalue weighted by Gasteiger charge is 2.21. The molecule has 0 amide bonds. The minimum absolute atomic E-state index is 0.0287. The zero-order valence-corrected chi connectivity index (χ0v) is 32.8. The molecular formula is C38H76NO8P. The first-order valence-corrected chi connectivity index (χ1v) is 21.2. The largest absolute Gasteiger partial charge is 0.756 e. The van der Waals surface area contributed by atoms with Gasteiger partial charge in [0.2, 0.25) is 0 Å². The van der Waals surface area contributed by atoms with E-state index >= 15 is 0 Å². The summed E-state index contributed by atoms with van der Waals surface area (Å²) in [6.07, 6.45) is 30.4.